The zero-order valence-electron chi connectivity index (χ0n) is 12.6. The Morgan fingerprint density at radius 1 is 1.00 bits per heavy atom. The predicted octanol–water partition coefficient (Wildman–Crippen LogP) is 3.91. The van der Waals surface area contributed by atoms with Crippen LogP contribution >= 0.6 is 0 Å². The minimum Gasteiger partial charge on any atom is -0.377 e. The van der Waals surface area contributed by atoms with Gasteiger partial charge in [-0.3, -0.25) is 5.32 Å². The highest BCUT2D eigenvalue weighted by Crippen LogP contribution is 2.44. The van der Waals surface area contributed by atoms with E-state index in [-0.39, 0.29) is 17.7 Å². The Morgan fingerprint density at radius 2 is 1.57 bits per heavy atom. The van der Waals surface area contributed by atoms with E-state index in [1.165, 1.54) is 22.3 Å². The number of nitrogens with one attached hydrogen (secondary N) is 1. The highest BCUT2D eigenvalue weighted by Gasteiger charge is 2.41. The molecule has 4 rings (SSSR count). The number of hydrogen-bond donors (Lipinski definition) is 1. The Hall–Kier alpha value is -1.64. The minimum atomic E-state index is 0.0369. The Balaban J connectivity index is 1.79. The predicted molar refractivity (Wildman–Crippen MR) is 85.3 cm³/mol. The molecule has 2 heteroatoms. The molecule has 0 radical (unpaired) electrons. The summed E-state index contributed by atoms with van der Waals surface area (Å²) in [5.41, 5.74) is 5.54. The Morgan fingerprint density at radius 3 is 2.10 bits per heavy atom. The fraction of sp³-hybridized carbons (Fsp3) is 0.368. The van der Waals surface area contributed by atoms with Gasteiger partial charge >= 0.3 is 0 Å². The fourth-order valence-corrected chi connectivity index (χ4v) is 3.67. The van der Waals surface area contributed by atoms with Crippen LogP contribution in [0.4, 0.5) is 0 Å². The zero-order valence-corrected chi connectivity index (χ0v) is 12.6. The van der Waals surface area contributed by atoms with E-state index in [2.05, 4.69) is 67.7 Å². The first-order chi connectivity index (χ1) is 10.2. The van der Waals surface area contributed by atoms with Gasteiger partial charge < -0.3 is 4.74 Å². The Kier molecular flexibility index (Phi) is 2.91. The van der Waals surface area contributed by atoms with Crippen molar-refractivity contribution in [2.75, 3.05) is 6.61 Å². The molecule has 2 aromatic carbocycles. The van der Waals surface area contributed by atoms with E-state index in [4.69, 9.17) is 4.74 Å². The monoisotopic (exact) mass is 279 g/mol. The van der Waals surface area contributed by atoms with Gasteiger partial charge in [-0.15, -0.1) is 0 Å². The third-order valence-corrected chi connectivity index (χ3v) is 5.19. The summed E-state index contributed by atoms with van der Waals surface area (Å²) < 4.78 is 5.79. The van der Waals surface area contributed by atoms with Gasteiger partial charge in [0.15, 0.2) is 0 Å². The van der Waals surface area contributed by atoms with Crippen LogP contribution in [-0.4, -0.2) is 18.2 Å². The molecule has 2 aliphatic rings. The van der Waals surface area contributed by atoms with Gasteiger partial charge in [-0.1, -0.05) is 48.5 Å². The van der Waals surface area contributed by atoms with Gasteiger partial charge in [-0.05, 0) is 42.5 Å². The second-order valence-electron chi connectivity index (χ2n) is 6.43. The van der Waals surface area contributed by atoms with Gasteiger partial charge in [0, 0.05) is 12.1 Å². The maximum Gasteiger partial charge on any atom is 0.0726 e. The third-order valence-electron chi connectivity index (χ3n) is 5.19. The van der Waals surface area contributed by atoms with Crippen LogP contribution in [0.25, 0.3) is 11.1 Å². The van der Waals surface area contributed by atoms with Crippen LogP contribution in [0, 0.1) is 0 Å². The molecule has 0 saturated carbocycles. The van der Waals surface area contributed by atoms with Crippen molar-refractivity contribution in [3.63, 3.8) is 0 Å². The summed E-state index contributed by atoms with van der Waals surface area (Å²) in [5.74, 6) is 0. The smallest absolute Gasteiger partial charge is 0.0726 e. The molecule has 1 aliphatic heterocycles. The van der Waals surface area contributed by atoms with E-state index in [0.717, 1.165) is 13.0 Å². The molecule has 1 aliphatic carbocycles. The summed E-state index contributed by atoms with van der Waals surface area (Å²) in [7, 11) is 0. The van der Waals surface area contributed by atoms with E-state index < -0.39 is 0 Å². The first-order valence-corrected chi connectivity index (χ1v) is 7.76. The molecular formula is C19H21NO. The molecule has 1 fully saturated rings. The van der Waals surface area contributed by atoms with Crippen molar-refractivity contribution >= 4 is 0 Å². The van der Waals surface area contributed by atoms with Crippen molar-refractivity contribution in [1.29, 1.82) is 0 Å². The molecule has 1 heterocycles. The van der Waals surface area contributed by atoms with Crippen molar-refractivity contribution in [2.45, 2.75) is 38.0 Å². The van der Waals surface area contributed by atoms with Crippen LogP contribution < -0.4 is 5.32 Å². The average Bonchev–Trinajstić information content (AvgIpc) is 3.00. The molecule has 1 saturated heterocycles. The topological polar surface area (TPSA) is 21.3 Å². The second kappa shape index (κ2) is 4.69. The van der Waals surface area contributed by atoms with Crippen LogP contribution in [0.15, 0.2) is 48.5 Å². The summed E-state index contributed by atoms with van der Waals surface area (Å²) in [6.07, 6.45) is 1.31. The Labute approximate surface area is 126 Å². The van der Waals surface area contributed by atoms with Gasteiger partial charge in [-0.25, -0.2) is 0 Å². The van der Waals surface area contributed by atoms with Crippen LogP contribution in [0.3, 0.4) is 0 Å². The normalized spacial score (nSPS) is 27.6. The first-order valence-electron chi connectivity index (χ1n) is 7.76. The number of benzene rings is 2. The number of fused-ring (bicyclic) bond motifs is 3. The van der Waals surface area contributed by atoms with E-state index in [1.54, 1.807) is 0 Å². The SMILES string of the molecule is CC1OCCC1(C)NC1c2ccccc2-c2ccccc21. The van der Waals surface area contributed by atoms with E-state index >= 15 is 0 Å². The van der Waals surface area contributed by atoms with E-state index in [9.17, 15) is 0 Å². The van der Waals surface area contributed by atoms with Crippen molar-refractivity contribution in [3.05, 3.63) is 59.7 Å². The van der Waals surface area contributed by atoms with Gasteiger partial charge in [0.2, 0.25) is 0 Å². The molecule has 2 unspecified atom stereocenters. The standard InChI is InChI=1S/C19H21NO/c1-13-19(2,11-12-21-13)20-18-16-9-5-3-7-14(16)15-8-4-6-10-17(15)18/h3-10,13,18,20H,11-12H2,1-2H3. The molecule has 0 amide bonds. The molecule has 2 aromatic rings. The summed E-state index contributed by atoms with van der Waals surface area (Å²) in [4.78, 5) is 0. The lowest BCUT2D eigenvalue weighted by Crippen LogP contribution is -2.49. The third kappa shape index (κ3) is 1.94. The molecule has 2 nitrogen and oxygen atoms in total. The Bertz CT molecular complexity index is 635. The molecule has 108 valence electrons. The average molecular weight is 279 g/mol. The maximum absolute atomic E-state index is 5.79. The van der Waals surface area contributed by atoms with Gasteiger partial charge in [0.1, 0.15) is 0 Å². The molecule has 0 bridgehead atoms. The summed E-state index contributed by atoms with van der Waals surface area (Å²) >= 11 is 0. The maximum atomic E-state index is 5.79. The molecule has 2 atom stereocenters. The molecule has 21 heavy (non-hydrogen) atoms. The van der Waals surface area contributed by atoms with Crippen molar-refractivity contribution in [2.24, 2.45) is 0 Å². The van der Waals surface area contributed by atoms with Crippen LogP contribution in [-0.2, 0) is 4.74 Å². The summed E-state index contributed by atoms with van der Waals surface area (Å²) in [6, 6.07) is 17.7. The zero-order chi connectivity index (χ0) is 14.4. The van der Waals surface area contributed by atoms with Crippen LogP contribution in [0.5, 0.6) is 0 Å². The largest absolute Gasteiger partial charge is 0.377 e. The second-order valence-corrected chi connectivity index (χ2v) is 6.43. The van der Waals surface area contributed by atoms with Crippen molar-refractivity contribution < 1.29 is 4.74 Å². The minimum absolute atomic E-state index is 0.0369. The van der Waals surface area contributed by atoms with Crippen molar-refractivity contribution in [3.8, 4) is 11.1 Å². The van der Waals surface area contributed by atoms with Gasteiger partial charge in [0.05, 0.1) is 12.1 Å². The number of hydrogen-bond acceptors (Lipinski definition) is 2. The highest BCUT2D eigenvalue weighted by atomic mass is 16.5. The number of rotatable bonds is 2. The highest BCUT2D eigenvalue weighted by molar-refractivity contribution is 5.78. The lowest BCUT2D eigenvalue weighted by molar-refractivity contribution is 0.0861. The number of ether oxygens (including phenoxy) is 1. The van der Waals surface area contributed by atoms with Gasteiger partial charge in [0.25, 0.3) is 0 Å². The molecule has 0 aromatic heterocycles. The van der Waals surface area contributed by atoms with Crippen molar-refractivity contribution in [1.82, 2.24) is 5.32 Å². The lowest BCUT2D eigenvalue weighted by atomic mass is 9.91. The lowest BCUT2D eigenvalue weighted by Gasteiger charge is -2.33. The van der Waals surface area contributed by atoms with E-state index in [1.807, 2.05) is 0 Å². The fourth-order valence-electron chi connectivity index (χ4n) is 3.67. The first kappa shape index (κ1) is 13.1. The quantitative estimate of drug-likeness (QED) is 0.900. The van der Waals surface area contributed by atoms with Crippen LogP contribution in [0.2, 0.25) is 0 Å². The summed E-state index contributed by atoms with van der Waals surface area (Å²) in [5, 5.41) is 3.89. The molecular weight excluding hydrogens is 258 g/mol. The molecule has 1 N–H and O–H groups in total. The summed E-state index contributed by atoms with van der Waals surface area (Å²) in [6.45, 7) is 5.31. The van der Waals surface area contributed by atoms with E-state index in [0.29, 0.717) is 0 Å². The van der Waals surface area contributed by atoms with Gasteiger partial charge in [-0.2, -0.15) is 0 Å². The molecule has 0 spiro atoms. The van der Waals surface area contributed by atoms with Crippen LogP contribution in [0.1, 0.15) is 37.4 Å².